The first kappa shape index (κ1) is 28.4. The van der Waals surface area contributed by atoms with Gasteiger partial charge in [-0.3, -0.25) is 0 Å². The molecule has 10 rings (SSSR count). The molecule has 0 saturated heterocycles. The third-order valence-electron chi connectivity index (χ3n) is 10.0. The van der Waals surface area contributed by atoms with E-state index in [1.807, 2.05) is 0 Å². The number of anilines is 3. The van der Waals surface area contributed by atoms with Crippen molar-refractivity contribution in [3.8, 4) is 22.3 Å². The van der Waals surface area contributed by atoms with Gasteiger partial charge in [-0.1, -0.05) is 152 Å². The first-order valence-electron chi connectivity index (χ1n) is 17.1. The topological polar surface area (TPSA) is 16.4 Å². The second kappa shape index (κ2) is 11.5. The lowest BCUT2D eigenvalue weighted by molar-refractivity contribution is 0.673. The Morgan fingerprint density at radius 1 is 0.360 bits per heavy atom. The Morgan fingerprint density at radius 2 is 0.920 bits per heavy atom. The zero-order valence-corrected chi connectivity index (χ0v) is 27.3. The predicted octanol–water partition coefficient (Wildman–Crippen LogP) is 13.8. The Kier molecular flexibility index (Phi) is 6.53. The van der Waals surface area contributed by atoms with Crippen molar-refractivity contribution in [2.45, 2.75) is 0 Å². The molecule has 0 saturated carbocycles. The van der Waals surface area contributed by atoms with Crippen LogP contribution in [0.4, 0.5) is 17.1 Å². The Labute approximate surface area is 290 Å². The third-order valence-corrected chi connectivity index (χ3v) is 10.0. The molecule has 0 spiro atoms. The van der Waals surface area contributed by atoms with Gasteiger partial charge in [-0.15, -0.1) is 0 Å². The maximum absolute atomic E-state index is 6.95. The van der Waals surface area contributed by atoms with E-state index < -0.39 is 0 Å². The zero-order valence-electron chi connectivity index (χ0n) is 27.3. The first-order chi connectivity index (χ1) is 24.8. The van der Waals surface area contributed by atoms with Gasteiger partial charge in [0.05, 0.1) is 11.1 Å². The highest BCUT2D eigenvalue weighted by Crippen LogP contribution is 2.51. The molecule has 0 radical (unpaired) electrons. The summed E-state index contributed by atoms with van der Waals surface area (Å²) in [4.78, 5) is 2.44. The van der Waals surface area contributed by atoms with Gasteiger partial charge < -0.3 is 9.32 Å². The van der Waals surface area contributed by atoms with Crippen molar-refractivity contribution in [2.24, 2.45) is 0 Å². The molecule has 1 aromatic heterocycles. The number of nitrogens with zero attached hydrogens (tertiary/aromatic N) is 1. The van der Waals surface area contributed by atoms with Gasteiger partial charge in [0.25, 0.3) is 0 Å². The summed E-state index contributed by atoms with van der Waals surface area (Å²) in [5.74, 6) is 0. The van der Waals surface area contributed by atoms with Crippen LogP contribution < -0.4 is 4.90 Å². The molecule has 0 atom stereocenters. The zero-order chi connectivity index (χ0) is 33.0. The molecule has 2 nitrogen and oxygen atoms in total. The number of hydrogen-bond acceptors (Lipinski definition) is 2. The summed E-state index contributed by atoms with van der Waals surface area (Å²) in [7, 11) is 0. The van der Waals surface area contributed by atoms with Crippen molar-refractivity contribution >= 4 is 71.3 Å². The molecule has 0 N–H and O–H groups in total. The number of hydrogen-bond donors (Lipinski definition) is 0. The number of benzene rings is 9. The summed E-state index contributed by atoms with van der Waals surface area (Å²) in [5.41, 5.74) is 9.69. The average Bonchev–Trinajstić information content (AvgIpc) is 3.60. The van der Waals surface area contributed by atoms with E-state index in [0.29, 0.717) is 0 Å². The number of fused-ring (bicyclic) bond motifs is 9. The Balaban J connectivity index is 1.36. The molecule has 0 aliphatic heterocycles. The quantitative estimate of drug-likeness (QED) is 0.175. The fourth-order valence-electron chi connectivity index (χ4n) is 7.71. The van der Waals surface area contributed by atoms with Crippen molar-refractivity contribution < 1.29 is 4.42 Å². The summed E-state index contributed by atoms with van der Waals surface area (Å²) in [6, 6.07) is 67.4. The highest BCUT2D eigenvalue weighted by atomic mass is 16.3. The van der Waals surface area contributed by atoms with Crippen LogP contribution in [0.5, 0.6) is 0 Å². The van der Waals surface area contributed by atoms with Crippen molar-refractivity contribution in [3.05, 3.63) is 188 Å². The molecular weight excluding hydrogens is 607 g/mol. The van der Waals surface area contributed by atoms with Gasteiger partial charge in [-0.25, -0.2) is 0 Å². The van der Waals surface area contributed by atoms with E-state index in [0.717, 1.165) is 55.5 Å². The second-order valence-corrected chi connectivity index (χ2v) is 12.9. The van der Waals surface area contributed by atoms with Gasteiger partial charge in [0.1, 0.15) is 11.2 Å². The van der Waals surface area contributed by atoms with Crippen LogP contribution in [0.15, 0.2) is 192 Å². The molecule has 0 bridgehead atoms. The largest absolute Gasteiger partial charge is 0.455 e. The van der Waals surface area contributed by atoms with E-state index in [-0.39, 0.29) is 0 Å². The highest BCUT2D eigenvalue weighted by Gasteiger charge is 2.26. The minimum atomic E-state index is 0.864. The van der Waals surface area contributed by atoms with Gasteiger partial charge in [0.15, 0.2) is 0 Å². The van der Waals surface area contributed by atoms with E-state index in [4.69, 9.17) is 4.42 Å². The average molecular weight is 638 g/mol. The predicted molar refractivity (Wildman–Crippen MR) is 212 cm³/mol. The molecule has 10 aromatic rings. The standard InChI is InChI=1S/C48H31NO/c1-3-13-32(14-4-1)34-23-26-37(27-24-34)49(38-28-25-33-15-7-8-18-36(33)31-38)47-39(35-16-5-2-6-17-35)29-30-44-46(47)45-42-21-11-9-19-40(42)41-20-10-12-22-43(41)48(45)50-44/h1-31H. The van der Waals surface area contributed by atoms with Crippen LogP contribution in [-0.4, -0.2) is 0 Å². The van der Waals surface area contributed by atoms with Crippen LogP contribution in [0, 0.1) is 0 Å². The van der Waals surface area contributed by atoms with Gasteiger partial charge in [-0.05, 0) is 80.0 Å². The second-order valence-electron chi connectivity index (χ2n) is 12.9. The maximum atomic E-state index is 6.95. The van der Waals surface area contributed by atoms with Crippen molar-refractivity contribution in [1.29, 1.82) is 0 Å². The lowest BCUT2D eigenvalue weighted by atomic mass is 9.93. The molecule has 0 unspecified atom stereocenters. The van der Waals surface area contributed by atoms with Gasteiger partial charge in [0, 0.05) is 27.7 Å². The maximum Gasteiger partial charge on any atom is 0.143 e. The molecule has 0 fully saturated rings. The molecule has 0 amide bonds. The van der Waals surface area contributed by atoms with Crippen LogP contribution in [0.1, 0.15) is 0 Å². The van der Waals surface area contributed by atoms with Crippen LogP contribution >= 0.6 is 0 Å². The SMILES string of the molecule is c1ccc(-c2ccc(N(c3ccc4ccccc4c3)c3c(-c4ccccc4)ccc4oc5c6ccccc6c6ccccc6c5c34)cc2)cc1. The summed E-state index contributed by atoms with van der Waals surface area (Å²) in [6.07, 6.45) is 0. The fourth-order valence-corrected chi connectivity index (χ4v) is 7.71. The summed E-state index contributed by atoms with van der Waals surface area (Å²) in [5, 5.41) is 9.36. The van der Waals surface area contributed by atoms with E-state index in [2.05, 4.69) is 193 Å². The van der Waals surface area contributed by atoms with E-state index in [9.17, 15) is 0 Å². The van der Waals surface area contributed by atoms with Gasteiger partial charge >= 0.3 is 0 Å². The molecule has 1 heterocycles. The van der Waals surface area contributed by atoms with Crippen LogP contribution in [-0.2, 0) is 0 Å². The monoisotopic (exact) mass is 637 g/mol. The Morgan fingerprint density at radius 3 is 1.66 bits per heavy atom. The van der Waals surface area contributed by atoms with Crippen molar-refractivity contribution in [2.75, 3.05) is 4.90 Å². The van der Waals surface area contributed by atoms with E-state index in [1.165, 1.54) is 38.1 Å². The van der Waals surface area contributed by atoms with E-state index in [1.54, 1.807) is 0 Å². The lowest BCUT2D eigenvalue weighted by Gasteiger charge is -2.29. The summed E-state index contributed by atoms with van der Waals surface area (Å²) < 4.78 is 6.95. The van der Waals surface area contributed by atoms with Gasteiger partial charge in [0.2, 0.25) is 0 Å². The Hall–Kier alpha value is -6.64. The fraction of sp³-hybridized carbons (Fsp3) is 0. The first-order valence-corrected chi connectivity index (χ1v) is 17.1. The third kappa shape index (κ3) is 4.50. The van der Waals surface area contributed by atoms with Crippen LogP contribution in [0.3, 0.4) is 0 Å². The van der Waals surface area contributed by atoms with E-state index >= 15 is 0 Å². The molecule has 234 valence electrons. The van der Waals surface area contributed by atoms with Crippen LogP contribution in [0.2, 0.25) is 0 Å². The number of rotatable bonds is 5. The molecule has 0 aliphatic rings. The molecule has 2 heteroatoms. The van der Waals surface area contributed by atoms with Crippen molar-refractivity contribution in [1.82, 2.24) is 0 Å². The highest BCUT2D eigenvalue weighted by molar-refractivity contribution is 6.33. The van der Waals surface area contributed by atoms with Crippen LogP contribution in [0.25, 0.3) is 76.5 Å². The van der Waals surface area contributed by atoms with Gasteiger partial charge in [-0.2, -0.15) is 0 Å². The Bertz CT molecular complexity index is 2850. The minimum absolute atomic E-state index is 0.864. The van der Waals surface area contributed by atoms with Crippen molar-refractivity contribution in [3.63, 3.8) is 0 Å². The molecular formula is C48H31NO. The number of furan rings is 1. The molecule has 50 heavy (non-hydrogen) atoms. The smallest absolute Gasteiger partial charge is 0.143 e. The summed E-state index contributed by atoms with van der Waals surface area (Å²) in [6.45, 7) is 0. The molecule has 0 aliphatic carbocycles. The normalized spacial score (nSPS) is 11.6. The lowest BCUT2D eigenvalue weighted by Crippen LogP contribution is -2.12. The molecule has 9 aromatic carbocycles. The minimum Gasteiger partial charge on any atom is -0.455 e. The summed E-state index contributed by atoms with van der Waals surface area (Å²) >= 11 is 0.